The first-order valence-corrected chi connectivity index (χ1v) is 9.82. The van der Waals surface area contributed by atoms with Gasteiger partial charge in [0.2, 0.25) is 11.1 Å². The number of aryl methyl sites for hydroxylation is 1. The normalized spacial score (nSPS) is 24.6. The number of aromatic hydroxyl groups is 1. The lowest BCUT2D eigenvalue weighted by atomic mass is 9.88. The van der Waals surface area contributed by atoms with Crippen LogP contribution in [-0.2, 0) is 4.74 Å². The molecule has 1 aromatic carbocycles. The molecule has 0 aliphatic heterocycles. The van der Waals surface area contributed by atoms with Crippen molar-refractivity contribution in [3.8, 4) is 5.75 Å². The zero-order chi connectivity index (χ0) is 21.9. The number of aliphatic hydroxyl groups excluding tert-OH is 3. The Hall–Kier alpha value is -2.07. The Labute approximate surface area is 180 Å². The van der Waals surface area contributed by atoms with Crippen molar-refractivity contribution in [1.29, 1.82) is 0 Å². The molecule has 4 atom stereocenters. The summed E-state index contributed by atoms with van der Waals surface area (Å²) in [6, 6.07) is 1.88. The van der Waals surface area contributed by atoms with Gasteiger partial charge in [0, 0.05) is 7.11 Å². The molecule has 0 bridgehead atoms. The second-order valence-electron chi connectivity index (χ2n) is 7.24. The molecule has 160 valence electrons. The van der Waals surface area contributed by atoms with Gasteiger partial charge in [-0.25, -0.2) is 0 Å². The molecule has 0 spiro atoms. The minimum absolute atomic E-state index is 0.0177. The summed E-state index contributed by atoms with van der Waals surface area (Å²) in [5.74, 6) is -0.393. The molecule has 8 nitrogen and oxygen atoms in total. The quantitative estimate of drug-likeness (QED) is 0.444. The summed E-state index contributed by atoms with van der Waals surface area (Å²) in [6.07, 6.45) is -2.08. The van der Waals surface area contributed by atoms with Gasteiger partial charge in [0.1, 0.15) is 40.2 Å². The lowest BCUT2D eigenvalue weighted by molar-refractivity contribution is -0.0827. The van der Waals surface area contributed by atoms with Crippen molar-refractivity contribution in [3.05, 3.63) is 49.7 Å². The Balaban J connectivity index is 2.05. The average Bonchev–Trinajstić information content (AvgIpc) is 3.04. The Morgan fingerprint density at radius 2 is 1.93 bits per heavy atom. The van der Waals surface area contributed by atoms with Gasteiger partial charge in [-0.2, -0.15) is 0 Å². The third-order valence-corrected chi connectivity index (χ3v) is 6.08. The minimum atomic E-state index is -1.36. The van der Waals surface area contributed by atoms with E-state index in [1.165, 1.54) is 29.9 Å². The number of nitrogens with zero attached hydrogens (tertiary/aromatic N) is 1. The number of phenolic OH excluding ortho intramolecular Hbond substituents is 1. The summed E-state index contributed by atoms with van der Waals surface area (Å²) >= 11 is 12.4. The Morgan fingerprint density at radius 3 is 2.57 bits per heavy atom. The molecular weight excluding hydrogens is 439 g/mol. The predicted molar refractivity (Wildman–Crippen MR) is 111 cm³/mol. The van der Waals surface area contributed by atoms with E-state index >= 15 is 0 Å². The summed E-state index contributed by atoms with van der Waals surface area (Å²) in [7, 11) is 1.36. The monoisotopic (exact) mass is 457 g/mol. The van der Waals surface area contributed by atoms with E-state index in [9.17, 15) is 25.2 Å². The van der Waals surface area contributed by atoms with Crippen LogP contribution in [0.15, 0.2) is 33.0 Å². The van der Waals surface area contributed by atoms with Crippen molar-refractivity contribution in [2.75, 3.05) is 13.7 Å². The number of rotatable bonds is 3. The molecule has 0 amide bonds. The number of hydrogen-bond acceptors (Lipinski definition) is 7. The fourth-order valence-corrected chi connectivity index (χ4v) is 4.57. The maximum atomic E-state index is 13.1. The lowest BCUT2D eigenvalue weighted by Gasteiger charge is -2.36. The maximum Gasteiger partial charge on any atom is 0.213 e. The van der Waals surface area contributed by atoms with Gasteiger partial charge >= 0.3 is 0 Å². The van der Waals surface area contributed by atoms with Gasteiger partial charge in [-0.15, -0.1) is 0 Å². The molecule has 4 N–H and O–H groups in total. The second kappa shape index (κ2) is 7.56. The minimum Gasteiger partial charge on any atom is -0.505 e. The van der Waals surface area contributed by atoms with Gasteiger partial charge in [0.15, 0.2) is 0 Å². The second-order valence-corrected chi connectivity index (χ2v) is 8.04. The van der Waals surface area contributed by atoms with Crippen LogP contribution in [0.3, 0.4) is 0 Å². The molecule has 10 heteroatoms. The zero-order valence-electron chi connectivity index (χ0n) is 16.0. The number of phenols is 1. The largest absolute Gasteiger partial charge is 0.505 e. The van der Waals surface area contributed by atoms with Gasteiger partial charge in [-0.1, -0.05) is 29.3 Å². The highest BCUT2D eigenvalue weighted by Crippen LogP contribution is 2.39. The standard InChI is InChI=1S/C20H19Cl2NO7/c1-7-3-10(21)15(26)13-14(25)9-5-12(22)23(20(9)30-18(7)13)11-4-8(6-24)19(29-2)17(28)16(11)27/h3-5,11,16-17,19,24,26-28H,6H2,1-2H3/i15+1,18+1. The fraction of sp³-hybridized carbons (Fsp3) is 0.350. The SMILES string of the molecule is COC1C(CO)=CC(n2c(Cl)cc3c(=O)c4[13c](O)c(Cl)cc(C)[13c]4oc32)C(O)C1O. The number of methoxy groups -OCH3 is 1. The summed E-state index contributed by atoms with van der Waals surface area (Å²) in [6.45, 7) is 1.26. The van der Waals surface area contributed by atoms with E-state index in [0.717, 1.165) is 0 Å². The third-order valence-electron chi connectivity index (χ3n) is 5.50. The van der Waals surface area contributed by atoms with E-state index in [-0.39, 0.29) is 32.2 Å². The molecular formula is C20H19Cl2NO7. The average molecular weight is 458 g/mol. The Kier molecular flexibility index (Phi) is 5.34. The van der Waals surface area contributed by atoms with Crippen LogP contribution in [0.1, 0.15) is 11.6 Å². The Bertz CT molecular complexity index is 1250. The highest BCUT2D eigenvalue weighted by atomic mass is 35.5. The lowest BCUT2D eigenvalue weighted by Crippen LogP contribution is -2.48. The van der Waals surface area contributed by atoms with Crippen LogP contribution in [-0.4, -0.2) is 57.0 Å². The highest BCUT2D eigenvalue weighted by molar-refractivity contribution is 6.33. The molecule has 0 fully saturated rings. The van der Waals surface area contributed by atoms with Crippen molar-refractivity contribution in [2.45, 2.75) is 31.3 Å². The van der Waals surface area contributed by atoms with Gasteiger partial charge in [-0.05, 0) is 30.2 Å². The first-order valence-electron chi connectivity index (χ1n) is 9.06. The number of benzene rings is 1. The number of aromatic nitrogens is 1. The van der Waals surface area contributed by atoms with Crippen LogP contribution in [0.2, 0.25) is 10.2 Å². The first kappa shape index (κ1) is 21.2. The molecule has 2 aromatic heterocycles. The number of hydrogen-bond donors (Lipinski definition) is 4. The van der Waals surface area contributed by atoms with Gasteiger partial charge < -0.3 is 29.6 Å². The van der Waals surface area contributed by atoms with E-state index in [0.29, 0.717) is 11.1 Å². The summed E-state index contributed by atoms with van der Waals surface area (Å²) in [4.78, 5) is 13.1. The zero-order valence-corrected chi connectivity index (χ0v) is 17.5. The summed E-state index contributed by atoms with van der Waals surface area (Å²) < 4.78 is 12.5. The van der Waals surface area contributed by atoms with Crippen molar-refractivity contribution in [2.24, 2.45) is 0 Å². The third kappa shape index (κ3) is 2.95. The maximum absolute atomic E-state index is 13.1. The topological polar surface area (TPSA) is 125 Å². The highest BCUT2D eigenvalue weighted by Gasteiger charge is 2.40. The van der Waals surface area contributed by atoms with Crippen molar-refractivity contribution in [3.63, 3.8) is 0 Å². The van der Waals surface area contributed by atoms with E-state index in [2.05, 4.69) is 0 Å². The van der Waals surface area contributed by atoms with E-state index in [1.54, 1.807) is 6.92 Å². The van der Waals surface area contributed by atoms with Gasteiger partial charge in [0.25, 0.3) is 0 Å². The molecule has 30 heavy (non-hydrogen) atoms. The van der Waals surface area contributed by atoms with Crippen LogP contribution in [0.5, 0.6) is 5.75 Å². The number of halogens is 2. The predicted octanol–water partition coefficient (Wildman–Crippen LogP) is 2.28. The molecule has 4 unspecified atom stereocenters. The van der Waals surface area contributed by atoms with Crippen LogP contribution in [0, 0.1) is 6.92 Å². The Morgan fingerprint density at radius 1 is 1.23 bits per heavy atom. The molecule has 2 heterocycles. The van der Waals surface area contributed by atoms with Crippen LogP contribution >= 0.6 is 23.2 Å². The molecule has 1 aliphatic rings. The molecule has 0 radical (unpaired) electrons. The van der Waals surface area contributed by atoms with Crippen molar-refractivity contribution < 1.29 is 29.6 Å². The fourth-order valence-electron chi connectivity index (χ4n) is 4.02. The summed E-state index contributed by atoms with van der Waals surface area (Å²) in [5.41, 5.74) is 0.496. The molecule has 0 saturated carbocycles. The van der Waals surface area contributed by atoms with Gasteiger partial charge in [0.05, 0.1) is 23.1 Å². The van der Waals surface area contributed by atoms with Crippen LogP contribution < -0.4 is 5.43 Å². The van der Waals surface area contributed by atoms with E-state index in [1.807, 2.05) is 0 Å². The number of ether oxygens (including phenoxy) is 1. The van der Waals surface area contributed by atoms with Crippen molar-refractivity contribution in [1.82, 2.24) is 4.57 Å². The smallest absolute Gasteiger partial charge is 0.213 e. The first-order chi connectivity index (χ1) is 14.2. The van der Waals surface area contributed by atoms with Crippen LogP contribution in [0.4, 0.5) is 0 Å². The summed E-state index contributed by atoms with van der Waals surface area (Å²) in [5, 5.41) is 41.2. The molecule has 1 aliphatic carbocycles. The van der Waals surface area contributed by atoms with E-state index < -0.39 is 42.1 Å². The molecule has 3 aromatic rings. The van der Waals surface area contributed by atoms with Crippen LogP contribution in [0.25, 0.3) is 22.1 Å². The van der Waals surface area contributed by atoms with Gasteiger partial charge in [-0.3, -0.25) is 9.36 Å². The molecule has 4 rings (SSSR count). The number of fused-ring (bicyclic) bond motifs is 2. The number of aliphatic hydroxyl groups is 3. The van der Waals surface area contributed by atoms with E-state index in [4.69, 9.17) is 32.4 Å². The van der Waals surface area contributed by atoms with Crippen molar-refractivity contribution >= 4 is 45.3 Å². The molecule has 0 saturated heterocycles.